The molecule has 162 valence electrons. The van der Waals surface area contributed by atoms with Gasteiger partial charge in [0.15, 0.2) is 0 Å². The zero-order chi connectivity index (χ0) is 22.5. The summed E-state index contributed by atoms with van der Waals surface area (Å²) in [5.41, 5.74) is 4.49. The fraction of sp³-hybridized carbons (Fsp3) is 0.222. The minimum atomic E-state index is -3.89. The largest absolute Gasteiger partial charge is 0.269 e. The van der Waals surface area contributed by atoms with Crippen molar-refractivity contribution in [3.63, 3.8) is 0 Å². The first-order valence-electron chi connectivity index (χ1n) is 8.84. The molecule has 0 fully saturated rings. The van der Waals surface area contributed by atoms with Crippen molar-refractivity contribution in [1.29, 1.82) is 0 Å². The van der Waals surface area contributed by atoms with Gasteiger partial charge in [-0.25, -0.2) is 22.0 Å². The number of carbonyl (C=O) groups excluding carboxylic acids is 2. The van der Waals surface area contributed by atoms with E-state index in [2.05, 4.69) is 10.9 Å². The van der Waals surface area contributed by atoms with Crippen molar-refractivity contribution in [2.24, 2.45) is 5.14 Å². The van der Waals surface area contributed by atoms with Gasteiger partial charge in [-0.15, -0.1) is 0 Å². The Balaban J connectivity index is 2.11. The molecule has 0 aromatic heterocycles. The lowest BCUT2D eigenvalue weighted by atomic mass is 10.2. The molecule has 0 atom stereocenters. The summed E-state index contributed by atoms with van der Waals surface area (Å²) in [4.78, 5) is 24.3. The molecule has 0 aliphatic rings. The number of primary sulfonamides is 1. The molecule has 10 nitrogen and oxygen atoms in total. The second kappa shape index (κ2) is 9.34. The summed E-state index contributed by atoms with van der Waals surface area (Å²) in [6.45, 7) is 4.00. The van der Waals surface area contributed by atoms with Crippen LogP contribution in [0.5, 0.6) is 0 Å². The second-order valence-corrected chi connectivity index (χ2v) is 9.59. The van der Waals surface area contributed by atoms with Crippen LogP contribution in [0.25, 0.3) is 0 Å². The van der Waals surface area contributed by atoms with Gasteiger partial charge in [-0.2, -0.15) is 4.31 Å². The molecule has 2 amide bonds. The van der Waals surface area contributed by atoms with Gasteiger partial charge in [-0.05, 0) is 42.5 Å². The Kier molecular flexibility index (Phi) is 7.31. The molecule has 2 aromatic carbocycles. The van der Waals surface area contributed by atoms with Crippen LogP contribution >= 0.6 is 0 Å². The van der Waals surface area contributed by atoms with Gasteiger partial charge in [0.25, 0.3) is 11.8 Å². The minimum Gasteiger partial charge on any atom is -0.267 e. The highest BCUT2D eigenvalue weighted by molar-refractivity contribution is 7.89. The Morgan fingerprint density at radius 2 is 1.37 bits per heavy atom. The van der Waals surface area contributed by atoms with Crippen LogP contribution in [0.1, 0.15) is 34.6 Å². The van der Waals surface area contributed by atoms with Crippen molar-refractivity contribution in [1.82, 2.24) is 15.2 Å². The number of benzene rings is 2. The Bertz CT molecular complexity index is 1140. The van der Waals surface area contributed by atoms with E-state index in [1.807, 2.05) is 0 Å². The van der Waals surface area contributed by atoms with Crippen LogP contribution in [-0.4, -0.2) is 46.0 Å². The predicted octanol–water partition coefficient (Wildman–Crippen LogP) is 0.439. The first-order valence-corrected chi connectivity index (χ1v) is 11.8. The maximum Gasteiger partial charge on any atom is 0.269 e. The van der Waals surface area contributed by atoms with Gasteiger partial charge in [-0.1, -0.05) is 19.9 Å². The van der Waals surface area contributed by atoms with Gasteiger partial charge < -0.3 is 0 Å². The SMILES string of the molecule is CCN(CC)S(=O)(=O)c1cccc(C(=O)NNC(=O)c2ccc(S(N)(=O)=O)cc2)c1. The van der Waals surface area contributed by atoms with Gasteiger partial charge >= 0.3 is 0 Å². The molecule has 30 heavy (non-hydrogen) atoms. The molecule has 0 heterocycles. The van der Waals surface area contributed by atoms with Crippen LogP contribution in [0.3, 0.4) is 0 Å². The van der Waals surface area contributed by atoms with Crippen molar-refractivity contribution in [3.8, 4) is 0 Å². The number of rotatable bonds is 7. The molecule has 2 aromatic rings. The van der Waals surface area contributed by atoms with Gasteiger partial charge in [0.2, 0.25) is 20.0 Å². The molecule has 12 heteroatoms. The van der Waals surface area contributed by atoms with E-state index in [4.69, 9.17) is 5.14 Å². The summed E-state index contributed by atoms with van der Waals surface area (Å²) in [6.07, 6.45) is 0. The molecule has 0 bridgehead atoms. The molecule has 2 rings (SSSR count). The van der Waals surface area contributed by atoms with Crippen molar-refractivity contribution in [3.05, 3.63) is 59.7 Å². The first-order chi connectivity index (χ1) is 14.0. The van der Waals surface area contributed by atoms with E-state index < -0.39 is 31.9 Å². The molecular formula is C18H22N4O6S2. The smallest absolute Gasteiger partial charge is 0.267 e. The lowest BCUT2D eigenvalue weighted by molar-refractivity contribution is 0.0846. The number of sulfonamides is 2. The third-order valence-corrected chi connectivity index (χ3v) is 7.15. The number of hydrogen-bond donors (Lipinski definition) is 3. The van der Waals surface area contributed by atoms with Crippen molar-refractivity contribution in [2.45, 2.75) is 23.6 Å². The second-order valence-electron chi connectivity index (χ2n) is 6.09. The van der Waals surface area contributed by atoms with Crippen molar-refractivity contribution in [2.75, 3.05) is 13.1 Å². The highest BCUT2D eigenvalue weighted by Crippen LogP contribution is 2.17. The van der Waals surface area contributed by atoms with Crippen LogP contribution in [0.15, 0.2) is 58.3 Å². The van der Waals surface area contributed by atoms with E-state index in [1.165, 1.54) is 40.7 Å². The predicted molar refractivity (Wildman–Crippen MR) is 109 cm³/mol. The normalized spacial score (nSPS) is 11.9. The fourth-order valence-corrected chi connectivity index (χ4v) is 4.58. The summed E-state index contributed by atoms with van der Waals surface area (Å²) >= 11 is 0. The third-order valence-electron chi connectivity index (χ3n) is 4.17. The van der Waals surface area contributed by atoms with E-state index in [0.29, 0.717) is 0 Å². The van der Waals surface area contributed by atoms with Crippen LogP contribution < -0.4 is 16.0 Å². The van der Waals surface area contributed by atoms with Gasteiger partial charge in [0.05, 0.1) is 9.79 Å². The Morgan fingerprint density at radius 1 is 0.833 bits per heavy atom. The summed E-state index contributed by atoms with van der Waals surface area (Å²) < 4.78 is 48.9. The van der Waals surface area contributed by atoms with Crippen LogP contribution in [0.2, 0.25) is 0 Å². The topological polar surface area (TPSA) is 156 Å². The number of hydrogen-bond acceptors (Lipinski definition) is 6. The molecule has 0 saturated carbocycles. The maximum absolute atomic E-state index is 12.6. The van der Waals surface area contributed by atoms with Crippen LogP contribution in [0.4, 0.5) is 0 Å². The van der Waals surface area contributed by atoms with E-state index in [-0.39, 0.29) is 34.0 Å². The van der Waals surface area contributed by atoms with Gasteiger partial charge in [-0.3, -0.25) is 20.4 Å². The number of hydrazine groups is 1. The zero-order valence-electron chi connectivity index (χ0n) is 16.3. The van der Waals surface area contributed by atoms with Crippen LogP contribution in [-0.2, 0) is 20.0 Å². The molecule has 4 N–H and O–H groups in total. The molecule has 0 unspecified atom stereocenters. The molecule has 0 spiro atoms. The van der Waals surface area contributed by atoms with Gasteiger partial charge in [0, 0.05) is 24.2 Å². The number of nitrogens with one attached hydrogen (secondary N) is 2. The number of nitrogens with zero attached hydrogens (tertiary/aromatic N) is 1. The maximum atomic E-state index is 12.6. The summed E-state index contributed by atoms with van der Waals surface area (Å²) in [5.74, 6) is -1.42. The number of carbonyl (C=O) groups is 2. The Morgan fingerprint density at radius 3 is 1.87 bits per heavy atom. The quantitative estimate of drug-likeness (QED) is 0.516. The van der Waals surface area contributed by atoms with Crippen molar-refractivity contribution >= 4 is 31.9 Å². The minimum absolute atomic E-state index is 0.0353. The van der Waals surface area contributed by atoms with E-state index in [0.717, 1.165) is 12.1 Å². The standard InChI is InChI=1S/C18H22N4O6S2/c1-3-22(4-2)30(27,28)16-7-5-6-14(12-16)18(24)21-20-17(23)13-8-10-15(11-9-13)29(19,25)26/h5-12H,3-4H2,1-2H3,(H,20,23)(H,21,24)(H2,19,25,26). The third kappa shape index (κ3) is 5.42. The number of amides is 2. The Hall–Kier alpha value is -2.80. The Labute approximate surface area is 175 Å². The molecule has 0 aliphatic heterocycles. The zero-order valence-corrected chi connectivity index (χ0v) is 18.0. The van der Waals surface area contributed by atoms with Gasteiger partial charge in [0.1, 0.15) is 0 Å². The average Bonchev–Trinajstić information content (AvgIpc) is 2.72. The lowest BCUT2D eigenvalue weighted by Gasteiger charge is -2.18. The highest BCUT2D eigenvalue weighted by atomic mass is 32.2. The van der Waals surface area contributed by atoms with E-state index in [1.54, 1.807) is 13.8 Å². The fourth-order valence-electron chi connectivity index (χ4n) is 2.56. The molecular weight excluding hydrogens is 432 g/mol. The monoisotopic (exact) mass is 454 g/mol. The molecule has 0 aliphatic carbocycles. The van der Waals surface area contributed by atoms with Crippen LogP contribution in [0, 0.1) is 0 Å². The van der Waals surface area contributed by atoms with E-state index in [9.17, 15) is 26.4 Å². The molecule has 0 saturated heterocycles. The average molecular weight is 455 g/mol. The highest BCUT2D eigenvalue weighted by Gasteiger charge is 2.22. The number of nitrogens with two attached hydrogens (primary N) is 1. The first kappa shape index (κ1) is 23.5. The molecule has 0 radical (unpaired) electrons. The van der Waals surface area contributed by atoms with Crippen molar-refractivity contribution < 1.29 is 26.4 Å². The van der Waals surface area contributed by atoms with E-state index >= 15 is 0 Å². The summed E-state index contributed by atoms with van der Waals surface area (Å²) in [7, 11) is -7.63. The summed E-state index contributed by atoms with van der Waals surface area (Å²) in [5, 5.41) is 4.99. The lowest BCUT2D eigenvalue weighted by Crippen LogP contribution is -2.41. The summed E-state index contributed by atoms with van der Waals surface area (Å²) in [6, 6.07) is 10.2.